The van der Waals surface area contributed by atoms with Crippen molar-refractivity contribution >= 4 is 0 Å². The van der Waals surface area contributed by atoms with E-state index in [0.717, 1.165) is 54.4 Å². The van der Waals surface area contributed by atoms with Crippen LogP contribution in [0.3, 0.4) is 0 Å². The van der Waals surface area contributed by atoms with Crippen LogP contribution < -0.4 is 15.2 Å². The summed E-state index contributed by atoms with van der Waals surface area (Å²) in [6, 6.07) is 5.95. The second-order valence-corrected chi connectivity index (χ2v) is 4.85. The number of H-pyrrole nitrogens is 1. The number of ether oxygens (including phenoxy) is 2. The molecule has 106 valence electrons. The first kappa shape index (κ1) is 13.0. The van der Waals surface area contributed by atoms with Crippen LogP contribution in [0.1, 0.15) is 18.7 Å². The fourth-order valence-electron chi connectivity index (χ4n) is 2.28. The van der Waals surface area contributed by atoms with E-state index in [1.807, 2.05) is 24.4 Å². The number of unbranched alkanes of at least 4 members (excludes halogenated alkanes) is 1. The van der Waals surface area contributed by atoms with Gasteiger partial charge in [-0.3, -0.25) is 0 Å². The Kier molecular flexibility index (Phi) is 3.87. The average molecular weight is 273 g/mol. The van der Waals surface area contributed by atoms with Crippen molar-refractivity contribution < 1.29 is 9.47 Å². The number of nitrogens with one attached hydrogen (secondary N) is 1. The lowest BCUT2D eigenvalue weighted by Gasteiger charge is -2.18. The quantitative estimate of drug-likeness (QED) is 0.818. The first-order valence-electron chi connectivity index (χ1n) is 7.01. The number of aromatic amines is 1. The maximum absolute atomic E-state index is 5.60. The van der Waals surface area contributed by atoms with Gasteiger partial charge in [-0.2, -0.15) is 0 Å². The van der Waals surface area contributed by atoms with Crippen molar-refractivity contribution in [1.82, 2.24) is 9.97 Å². The van der Waals surface area contributed by atoms with Gasteiger partial charge in [-0.1, -0.05) is 0 Å². The van der Waals surface area contributed by atoms with Crippen molar-refractivity contribution in [2.24, 2.45) is 5.73 Å². The number of imidazole rings is 1. The SMILES string of the molecule is NCCCCc1ncc(-c2ccc3c(c2)OCCO3)[nH]1. The molecule has 2 aromatic rings. The molecule has 0 fully saturated rings. The Morgan fingerprint density at radius 1 is 1.15 bits per heavy atom. The van der Waals surface area contributed by atoms with Gasteiger partial charge in [-0.05, 0) is 37.6 Å². The summed E-state index contributed by atoms with van der Waals surface area (Å²) in [6.07, 6.45) is 4.88. The molecule has 0 amide bonds. The molecule has 0 spiro atoms. The molecule has 1 aromatic carbocycles. The summed E-state index contributed by atoms with van der Waals surface area (Å²) in [5, 5.41) is 0. The Morgan fingerprint density at radius 2 is 2.00 bits per heavy atom. The molecule has 5 heteroatoms. The molecule has 0 aliphatic carbocycles. The Morgan fingerprint density at radius 3 is 2.85 bits per heavy atom. The first-order chi connectivity index (χ1) is 9.86. The monoisotopic (exact) mass is 273 g/mol. The van der Waals surface area contributed by atoms with Gasteiger partial charge in [0.05, 0.1) is 11.9 Å². The molecule has 0 saturated carbocycles. The molecule has 0 atom stereocenters. The highest BCUT2D eigenvalue weighted by Gasteiger charge is 2.13. The predicted molar refractivity (Wildman–Crippen MR) is 77.0 cm³/mol. The van der Waals surface area contributed by atoms with Crippen molar-refractivity contribution in [3.8, 4) is 22.8 Å². The predicted octanol–water partition coefficient (Wildman–Crippen LogP) is 2.13. The van der Waals surface area contributed by atoms with Gasteiger partial charge in [-0.15, -0.1) is 0 Å². The molecule has 0 bridgehead atoms. The Bertz CT molecular complexity index is 580. The fraction of sp³-hybridized carbons (Fsp3) is 0.400. The van der Waals surface area contributed by atoms with Crippen molar-refractivity contribution in [2.75, 3.05) is 19.8 Å². The van der Waals surface area contributed by atoms with Crippen LogP contribution in [-0.4, -0.2) is 29.7 Å². The first-order valence-corrected chi connectivity index (χ1v) is 7.01. The number of hydrogen-bond donors (Lipinski definition) is 2. The average Bonchev–Trinajstić information content (AvgIpc) is 2.96. The number of aryl methyl sites for hydroxylation is 1. The Hall–Kier alpha value is -2.01. The summed E-state index contributed by atoms with van der Waals surface area (Å²) < 4.78 is 11.1. The molecular weight excluding hydrogens is 254 g/mol. The molecule has 1 aliphatic rings. The number of aromatic nitrogens is 2. The minimum Gasteiger partial charge on any atom is -0.486 e. The highest BCUT2D eigenvalue weighted by atomic mass is 16.6. The molecule has 3 rings (SSSR count). The number of nitrogens with two attached hydrogens (primary N) is 1. The molecule has 1 aromatic heterocycles. The van der Waals surface area contributed by atoms with Crippen molar-refractivity contribution in [3.63, 3.8) is 0 Å². The van der Waals surface area contributed by atoms with E-state index in [1.165, 1.54) is 0 Å². The molecule has 0 radical (unpaired) electrons. The zero-order valence-corrected chi connectivity index (χ0v) is 11.4. The van der Waals surface area contributed by atoms with Gasteiger partial charge in [0.25, 0.3) is 0 Å². The van der Waals surface area contributed by atoms with E-state index in [4.69, 9.17) is 15.2 Å². The van der Waals surface area contributed by atoms with Gasteiger partial charge in [0.15, 0.2) is 11.5 Å². The smallest absolute Gasteiger partial charge is 0.162 e. The maximum Gasteiger partial charge on any atom is 0.162 e. The van der Waals surface area contributed by atoms with Crippen LogP contribution in [0.4, 0.5) is 0 Å². The molecule has 3 N–H and O–H groups in total. The molecule has 1 aliphatic heterocycles. The summed E-state index contributed by atoms with van der Waals surface area (Å²) in [5.74, 6) is 2.61. The number of fused-ring (bicyclic) bond motifs is 1. The number of nitrogens with zero attached hydrogens (tertiary/aromatic N) is 1. The van der Waals surface area contributed by atoms with Crippen LogP contribution in [0, 0.1) is 0 Å². The summed E-state index contributed by atoms with van der Waals surface area (Å²) in [4.78, 5) is 7.75. The Balaban J connectivity index is 1.75. The topological polar surface area (TPSA) is 73.2 Å². The number of benzene rings is 1. The fourth-order valence-corrected chi connectivity index (χ4v) is 2.28. The third-order valence-electron chi connectivity index (χ3n) is 3.35. The van der Waals surface area contributed by atoms with Crippen LogP contribution in [0.2, 0.25) is 0 Å². The van der Waals surface area contributed by atoms with Crippen molar-refractivity contribution in [3.05, 3.63) is 30.2 Å². The largest absolute Gasteiger partial charge is 0.486 e. The normalized spacial score (nSPS) is 13.4. The minimum absolute atomic E-state index is 0.601. The number of hydrogen-bond acceptors (Lipinski definition) is 4. The highest BCUT2D eigenvalue weighted by molar-refractivity contribution is 5.63. The van der Waals surface area contributed by atoms with Crippen molar-refractivity contribution in [2.45, 2.75) is 19.3 Å². The minimum atomic E-state index is 0.601. The molecular formula is C15H19N3O2. The third-order valence-corrected chi connectivity index (χ3v) is 3.35. The van der Waals surface area contributed by atoms with E-state index in [0.29, 0.717) is 13.2 Å². The summed E-state index contributed by atoms with van der Waals surface area (Å²) in [6.45, 7) is 1.95. The van der Waals surface area contributed by atoms with E-state index < -0.39 is 0 Å². The van der Waals surface area contributed by atoms with E-state index in [2.05, 4.69) is 9.97 Å². The summed E-state index contributed by atoms with van der Waals surface area (Å²) in [7, 11) is 0. The van der Waals surface area contributed by atoms with Crippen molar-refractivity contribution in [1.29, 1.82) is 0 Å². The zero-order valence-electron chi connectivity index (χ0n) is 11.4. The van der Waals surface area contributed by atoms with Gasteiger partial charge in [0, 0.05) is 12.0 Å². The van der Waals surface area contributed by atoms with E-state index in [1.54, 1.807) is 0 Å². The third kappa shape index (κ3) is 2.77. The molecule has 2 heterocycles. The zero-order chi connectivity index (χ0) is 13.8. The van der Waals surface area contributed by atoms with E-state index >= 15 is 0 Å². The van der Waals surface area contributed by atoms with Gasteiger partial charge in [0.2, 0.25) is 0 Å². The van der Waals surface area contributed by atoms with Crippen LogP contribution in [0.25, 0.3) is 11.3 Å². The number of rotatable bonds is 5. The molecule has 0 saturated heterocycles. The van der Waals surface area contributed by atoms with Gasteiger partial charge in [-0.25, -0.2) is 4.98 Å². The molecule has 20 heavy (non-hydrogen) atoms. The molecule has 0 unspecified atom stereocenters. The lowest BCUT2D eigenvalue weighted by atomic mass is 10.1. The summed E-state index contributed by atoms with van der Waals surface area (Å²) >= 11 is 0. The second kappa shape index (κ2) is 5.96. The Labute approximate surface area is 118 Å². The van der Waals surface area contributed by atoms with Crippen LogP contribution >= 0.6 is 0 Å². The second-order valence-electron chi connectivity index (χ2n) is 4.85. The lowest BCUT2D eigenvalue weighted by Crippen LogP contribution is -2.15. The van der Waals surface area contributed by atoms with Crippen LogP contribution in [0.5, 0.6) is 11.5 Å². The van der Waals surface area contributed by atoms with Gasteiger partial charge < -0.3 is 20.2 Å². The summed E-state index contributed by atoms with van der Waals surface area (Å²) in [5.41, 5.74) is 7.56. The maximum atomic E-state index is 5.60. The standard InChI is InChI=1S/C15H19N3O2/c16-6-2-1-3-15-17-10-12(18-15)11-4-5-13-14(9-11)20-8-7-19-13/h4-5,9-10H,1-3,6-8,16H2,(H,17,18). The van der Waals surface area contributed by atoms with E-state index in [9.17, 15) is 0 Å². The lowest BCUT2D eigenvalue weighted by molar-refractivity contribution is 0.171. The van der Waals surface area contributed by atoms with Gasteiger partial charge >= 0.3 is 0 Å². The molecule has 5 nitrogen and oxygen atoms in total. The van der Waals surface area contributed by atoms with Crippen LogP contribution in [0.15, 0.2) is 24.4 Å². The highest BCUT2D eigenvalue weighted by Crippen LogP contribution is 2.33. The van der Waals surface area contributed by atoms with E-state index in [-0.39, 0.29) is 0 Å². The van der Waals surface area contributed by atoms with Gasteiger partial charge in [0.1, 0.15) is 19.0 Å². The van der Waals surface area contributed by atoms with Crippen LogP contribution in [-0.2, 0) is 6.42 Å².